The summed E-state index contributed by atoms with van der Waals surface area (Å²) in [4.78, 5) is 15.3. The van der Waals surface area contributed by atoms with Gasteiger partial charge < -0.3 is 10.2 Å². The van der Waals surface area contributed by atoms with E-state index in [0.717, 1.165) is 13.0 Å². The van der Waals surface area contributed by atoms with E-state index in [2.05, 4.69) is 69.2 Å². The molecule has 0 radical (unpaired) electrons. The number of nitrogens with one attached hydrogen (secondary N) is 1. The summed E-state index contributed by atoms with van der Waals surface area (Å²) in [5, 5.41) is 3.27. The van der Waals surface area contributed by atoms with E-state index in [9.17, 15) is 4.79 Å². The van der Waals surface area contributed by atoms with Crippen molar-refractivity contribution in [1.29, 1.82) is 0 Å². The number of likely N-dealkylation sites (tertiary alicyclic amines) is 1. The standard InChI is InChI=1S/C21H34N2O/c1-6-19(20-13-10-14-23(20)5)16(3)21(24)22-17(4)15(2)18-11-8-7-9-12-18/h7-9,11-12,15-17,19-20H,6,10,13-14H2,1-5H3,(H,22,24). The molecule has 1 amide bonds. The summed E-state index contributed by atoms with van der Waals surface area (Å²) in [5.74, 6) is 1.02. The minimum absolute atomic E-state index is 0.0611. The van der Waals surface area contributed by atoms with E-state index >= 15 is 0 Å². The number of amides is 1. The lowest BCUT2D eigenvalue weighted by Crippen LogP contribution is -2.45. The van der Waals surface area contributed by atoms with Crippen LogP contribution in [0.3, 0.4) is 0 Å². The van der Waals surface area contributed by atoms with Gasteiger partial charge >= 0.3 is 0 Å². The number of nitrogens with zero attached hydrogens (tertiary/aromatic N) is 1. The molecule has 0 saturated carbocycles. The first-order valence-electron chi connectivity index (χ1n) is 9.51. The Bertz CT molecular complexity index is 516. The molecular formula is C21H34N2O. The molecule has 0 spiro atoms. The molecule has 1 N–H and O–H groups in total. The fourth-order valence-corrected chi connectivity index (χ4v) is 4.16. The molecule has 5 atom stereocenters. The number of hydrogen-bond acceptors (Lipinski definition) is 2. The van der Waals surface area contributed by atoms with Crippen LogP contribution in [0.15, 0.2) is 30.3 Å². The Hall–Kier alpha value is -1.35. The van der Waals surface area contributed by atoms with E-state index in [1.54, 1.807) is 0 Å². The average Bonchev–Trinajstić information content (AvgIpc) is 3.01. The number of benzene rings is 1. The van der Waals surface area contributed by atoms with Crippen molar-refractivity contribution in [2.75, 3.05) is 13.6 Å². The summed E-state index contributed by atoms with van der Waals surface area (Å²) in [6.07, 6.45) is 3.54. The fraction of sp³-hybridized carbons (Fsp3) is 0.667. The first-order chi connectivity index (χ1) is 11.5. The molecule has 0 bridgehead atoms. The molecule has 1 aromatic rings. The normalized spacial score (nSPS) is 23.5. The van der Waals surface area contributed by atoms with Gasteiger partial charge in [0.15, 0.2) is 0 Å². The second-order valence-corrected chi connectivity index (χ2v) is 7.55. The Balaban J connectivity index is 1.97. The van der Waals surface area contributed by atoms with Crippen molar-refractivity contribution < 1.29 is 4.79 Å². The lowest BCUT2D eigenvalue weighted by Gasteiger charge is -2.33. The topological polar surface area (TPSA) is 32.3 Å². The molecule has 134 valence electrons. The van der Waals surface area contributed by atoms with Gasteiger partial charge in [0.2, 0.25) is 5.91 Å². The molecule has 1 saturated heterocycles. The molecule has 0 aliphatic carbocycles. The predicted molar refractivity (Wildman–Crippen MR) is 101 cm³/mol. The predicted octanol–water partition coefficient (Wildman–Crippen LogP) is 4.05. The van der Waals surface area contributed by atoms with E-state index < -0.39 is 0 Å². The SMILES string of the molecule is CCC(C(C)C(=O)NC(C)C(C)c1ccccc1)C1CCCN1C. The summed E-state index contributed by atoms with van der Waals surface area (Å²) < 4.78 is 0. The highest BCUT2D eigenvalue weighted by atomic mass is 16.1. The van der Waals surface area contributed by atoms with Crippen molar-refractivity contribution in [3.05, 3.63) is 35.9 Å². The molecule has 24 heavy (non-hydrogen) atoms. The van der Waals surface area contributed by atoms with Gasteiger partial charge in [-0.3, -0.25) is 4.79 Å². The monoisotopic (exact) mass is 330 g/mol. The first kappa shape index (κ1) is 19.0. The Morgan fingerprint density at radius 1 is 1.25 bits per heavy atom. The van der Waals surface area contributed by atoms with Gasteiger partial charge in [0.05, 0.1) is 0 Å². The smallest absolute Gasteiger partial charge is 0.223 e. The zero-order chi connectivity index (χ0) is 17.7. The first-order valence-corrected chi connectivity index (χ1v) is 9.51. The van der Waals surface area contributed by atoms with Gasteiger partial charge in [-0.2, -0.15) is 0 Å². The molecule has 3 heteroatoms. The Morgan fingerprint density at radius 2 is 1.92 bits per heavy atom. The van der Waals surface area contributed by atoms with Gasteiger partial charge in [-0.05, 0) is 44.8 Å². The van der Waals surface area contributed by atoms with E-state index in [0.29, 0.717) is 17.9 Å². The largest absolute Gasteiger partial charge is 0.353 e. The zero-order valence-corrected chi connectivity index (χ0v) is 16.0. The van der Waals surface area contributed by atoms with Crippen LogP contribution in [0.4, 0.5) is 0 Å². The van der Waals surface area contributed by atoms with E-state index in [1.807, 2.05) is 6.07 Å². The third-order valence-corrected chi connectivity index (χ3v) is 6.04. The van der Waals surface area contributed by atoms with Gasteiger partial charge in [0, 0.05) is 23.9 Å². The average molecular weight is 331 g/mol. The molecular weight excluding hydrogens is 296 g/mol. The second-order valence-electron chi connectivity index (χ2n) is 7.55. The number of carbonyl (C=O) groups excluding carboxylic acids is 1. The van der Waals surface area contributed by atoms with Gasteiger partial charge in [-0.25, -0.2) is 0 Å². The zero-order valence-electron chi connectivity index (χ0n) is 16.0. The summed E-state index contributed by atoms with van der Waals surface area (Å²) >= 11 is 0. The highest BCUT2D eigenvalue weighted by Gasteiger charge is 2.35. The van der Waals surface area contributed by atoms with Crippen LogP contribution in [0.2, 0.25) is 0 Å². The lowest BCUT2D eigenvalue weighted by molar-refractivity contribution is -0.127. The van der Waals surface area contributed by atoms with Crippen molar-refractivity contribution in [3.63, 3.8) is 0 Å². The van der Waals surface area contributed by atoms with Gasteiger partial charge in [-0.15, -0.1) is 0 Å². The molecule has 0 aromatic heterocycles. The quantitative estimate of drug-likeness (QED) is 0.818. The van der Waals surface area contributed by atoms with Crippen LogP contribution in [-0.2, 0) is 4.79 Å². The number of hydrogen-bond donors (Lipinski definition) is 1. The van der Waals surface area contributed by atoms with Crippen LogP contribution in [0, 0.1) is 11.8 Å². The summed E-state index contributed by atoms with van der Waals surface area (Å²) in [6, 6.07) is 11.1. The number of rotatable bonds is 7. The summed E-state index contributed by atoms with van der Waals surface area (Å²) in [5.41, 5.74) is 1.28. The Morgan fingerprint density at radius 3 is 2.46 bits per heavy atom. The molecule has 3 nitrogen and oxygen atoms in total. The van der Waals surface area contributed by atoms with Crippen molar-refractivity contribution >= 4 is 5.91 Å². The minimum Gasteiger partial charge on any atom is -0.353 e. The van der Waals surface area contributed by atoms with Gasteiger partial charge in [0.1, 0.15) is 0 Å². The maximum atomic E-state index is 12.8. The van der Waals surface area contributed by atoms with Crippen molar-refractivity contribution in [2.24, 2.45) is 11.8 Å². The molecule has 5 unspecified atom stereocenters. The maximum absolute atomic E-state index is 12.8. The van der Waals surface area contributed by atoms with E-state index in [1.165, 1.54) is 18.4 Å². The Kier molecular flexibility index (Phi) is 6.85. The minimum atomic E-state index is 0.0611. The van der Waals surface area contributed by atoms with Crippen molar-refractivity contribution in [2.45, 2.75) is 65.0 Å². The summed E-state index contributed by atoms with van der Waals surface area (Å²) in [7, 11) is 2.20. The highest BCUT2D eigenvalue weighted by molar-refractivity contribution is 5.79. The molecule has 1 aliphatic rings. The van der Waals surface area contributed by atoms with Crippen LogP contribution in [0.5, 0.6) is 0 Å². The second kappa shape index (κ2) is 8.66. The molecule has 1 fully saturated rings. The third-order valence-electron chi connectivity index (χ3n) is 6.04. The third kappa shape index (κ3) is 4.38. The van der Waals surface area contributed by atoms with Gasteiger partial charge in [0.25, 0.3) is 0 Å². The van der Waals surface area contributed by atoms with Crippen molar-refractivity contribution in [3.8, 4) is 0 Å². The number of carbonyl (C=O) groups is 1. The molecule has 2 rings (SSSR count). The van der Waals surface area contributed by atoms with Crippen LogP contribution >= 0.6 is 0 Å². The van der Waals surface area contributed by atoms with E-state index in [-0.39, 0.29) is 17.9 Å². The van der Waals surface area contributed by atoms with Crippen LogP contribution in [0.25, 0.3) is 0 Å². The highest BCUT2D eigenvalue weighted by Crippen LogP contribution is 2.30. The van der Waals surface area contributed by atoms with Crippen LogP contribution in [-0.4, -0.2) is 36.5 Å². The van der Waals surface area contributed by atoms with Crippen molar-refractivity contribution in [1.82, 2.24) is 10.2 Å². The molecule has 1 heterocycles. The fourth-order valence-electron chi connectivity index (χ4n) is 4.16. The maximum Gasteiger partial charge on any atom is 0.223 e. The Labute approximate surface area is 147 Å². The van der Waals surface area contributed by atoms with Crippen LogP contribution < -0.4 is 5.32 Å². The molecule has 1 aromatic carbocycles. The van der Waals surface area contributed by atoms with Gasteiger partial charge in [-0.1, -0.05) is 57.5 Å². The lowest BCUT2D eigenvalue weighted by atomic mass is 9.83. The van der Waals surface area contributed by atoms with E-state index in [4.69, 9.17) is 0 Å². The summed E-state index contributed by atoms with van der Waals surface area (Å²) in [6.45, 7) is 9.79. The van der Waals surface area contributed by atoms with Crippen LogP contribution in [0.1, 0.15) is 58.4 Å². The molecule has 1 aliphatic heterocycles.